The van der Waals surface area contributed by atoms with E-state index in [1.54, 1.807) is 0 Å². The summed E-state index contributed by atoms with van der Waals surface area (Å²) in [6, 6.07) is 0. The average molecular weight is 182 g/mol. The zero-order valence-corrected chi connectivity index (χ0v) is 8.29. The average Bonchev–Trinajstić information content (AvgIpc) is 2.31. The maximum absolute atomic E-state index is 11.3. The minimum atomic E-state index is 0.0307. The molecule has 0 bridgehead atoms. The molecule has 2 rings (SSSR count). The molecule has 0 aromatic heterocycles. The SMILES string of the molecule is CC1CC2CCCCCC2OC1=O. The third kappa shape index (κ3) is 1.87. The Kier molecular flexibility index (Phi) is 2.56. The van der Waals surface area contributed by atoms with Crippen molar-refractivity contribution >= 4 is 5.97 Å². The van der Waals surface area contributed by atoms with Gasteiger partial charge in [-0.15, -0.1) is 0 Å². The Bertz CT molecular complexity index is 200. The first-order chi connectivity index (χ1) is 6.27. The van der Waals surface area contributed by atoms with E-state index in [9.17, 15) is 4.79 Å². The lowest BCUT2D eigenvalue weighted by molar-refractivity contribution is -0.165. The van der Waals surface area contributed by atoms with Gasteiger partial charge in [0.25, 0.3) is 0 Å². The van der Waals surface area contributed by atoms with Gasteiger partial charge in [-0.3, -0.25) is 4.79 Å². The molecule has 2 heteroatoms. The molecule has 0 radical (unpaired) electrons. The molecule has 0 aromatic carbocycles. The van der Waals surface area contributed by atoms with Crippen molar-refractivity contribution < 1.29 is 9.53 Å². The van der Waals surface area contributed by atoms with Gasteiger partial charge in [0.05, 0.1) is 5.92 Å². The number of carbonyl (C=O) groups is 1. The molecule has 2 nitrogen and oxygen atoms in total. The highest BCUT2D eigenvalue weighted by molar-refractivity contribution is 5.73. The molecule has 3 atom stereocenters. The van der Waals surface area contributed by atoms with Crippen LogP contribution in [0.1, 0.15) is 45.4 Å². The fraction of sp³-hybridized carbons (Fsp3) is 0.909. The summed E-state index contributed by atoms with van der Waals surface area (Å²) in [7, 11) is 0. The van der Waals surface area contributed by atoms with Crippen LogP contribution >= 0.6 is 0 Å². The third-order valence-corrected chi connectivity index (χ3v) is 3.42. The van der Waals surface area contributed by atoms with Gasteiger partial charge in [0.2, 0.25) is 0 Å². The molecule has 0 amide bonds. The molecule has 74 valence electrons. The molecule has 1 aliphatic heterocycles. The topological polar surface area (TPSA) is 26.3 Å². The van der Waals surface area contributed by atoms with Crippen LogP contribution in [-0.2, 0) is 9.53 Å². The highest BCUT2D eigenvalue weighted by Gasteiger charge is 2.35. The van der Waals surface area contributed by atoms with E-state index in [0.29, 0.717) is 5.92 Å². The van der Waals surface area contributed by atoms with Crippen LogP contribution in [0.3, 0.4) is 0 Å². The highest BCUT2D eigenvalue weighted by atomic mass is 16.5. The summed E-state index contributed by atoms with van der Waals surface area (Å²) in [6.07, 6.45) is 7.56. The number of carbonyl (C=O) groups excluding carboxylic acids is 1. The maximum Gasteiger partial charge on any atom is 0.308 e. The molecule has 1 aliphatic carbocycles. The smallest absolute Gasteiger partial charge is 0.308 e. The van der Waals surface area contributed by atoms with Crippen LogP contribution in [0.25, 0.3) is 0 Å². The van der Waals surface area contributed by atoms with Gasteiger partial charge in [0.1, 0.15) is 6.10 Å². The lowest BCUT2D eigenvalue weighted by Crippen LogP contribution is -2.36. The number of fused-ring (bicyclic) bond motifs is 1. The van der Waals surface area contributed by atoms with Crippen LogP contribution < -0.4 is 0 Å². The normalized spacial score (nSPS) is 40.4. The molecular weight excluding hydrogens is 164 g/mol. The van der Waals surface area contributed by atoms with Crippen molar-refractivity contribution in [1.29, 1.82) is 0 Å². The van der Waals surface area contributed by atoms with Gasteiger partial charge >= 0.3 is 5.97 Å². The second-order valence-electron chi connectivity index (χ2n) is 4.51. The molecule has 0 aromatic rings. The predicted octanol–water partition coefficient (Wildman–Crippen LogP) is 2.52. The Hall–Kier alpha value is -0.530. The first kappa shape index (κ1) is 9.04. The van der Waals surface area contributed by atoms with Crippen LogP contribution in [-0.4, -0.2) is 12.1 Å². The van der Waals surface area contributed by atoms with Crippen LogP contribution in [0.5, 0.6) is 0 Å². The van der Waals surface area contributed by atoms with Crippen molar-refractivity contribution in [3.63, 3.8) is 0 Å². The first-order valence-electron chi connectivity index (χ1n) is 5.48. The Morgan fingerprint density at radius 3 is 2.85 bits per heavy atom. The standard InChI is InChI=1S/C11H18O2/c1-8-7-9-5-3-2-4-6-10(9)13-11(8)12/h8-10H,2-7H2,1H3. The summed E-state index contributed by atoms with van der Waals surface area (Å²) < 4.78 is 5.44. The van der Waals surface area contributed by atoms with Crippen LogP contribution in [0, 0.1) is 11.8 Å². The fourth-order valence-corrected chi connectivity index (χ4v) is 2.59. The fourth-order valence-electron chi connectivity index (χ4n) is 2.59. The molecule has 2 aliphatic rings. The van der Waals surface area contributed by atoms with Crippen molar-refractivity contribution in [2.45, 2.75) is 51.6 Å². The summed E-state index contributed by atoms with van der Waals surface area (Å²) in [5, 5.41) is 0. The molecule has 0 spiro atoms. The number of hydrogen-bond donors (Lipinski definition) is 0. The van der Waals surface area contributed by atoms with Crippen molar-refractivity contribution in [2.75, 3.05) is 0 Å². The summed E-state index contributed by atoms with van der Waals surface area (Å²) >= 11 is 0. The van der Waals surface area contributed by atoms with E-state index in [4.69, 9.17) is 4.74 Å². The maximum atomic E-state index is 11.3. The Balaban J connectivity index is 2.03. The van der Waals surface area contributed by atoms with Gasteiger partial charge in [-0.1, -0.05) is 19.8 Å². The summed E-state index contributed by atoms with van der Waals surface area (Å²) in [6.45, 7) is 1.99. The summed E-state index contributed by atoms with van der Waals surface area (Å²) in [5.41, 5.74) is 0. The Labute approximate surface area is 79.7 Å². The monoisotopic (exact) mass is 182 g/mol. The van der Waals surface area contributed by atoms with E-state index < -0.39 is 0 Å². The summed E-state index contributed by atoms with van der Waals surface area (Å²) in [5.74, 6) is 0.831. The van der Waals surface area contributed by atoms with Crippen molar-refractivity contribution in [1.82, 2.24) is 0 Å². The second kappa shape index (κ2) is 3.69. The third-order valence-electron chi connectivity index (χ3n) is 3.42. The molecule has 2 fully saturated rings. The Morgan fingerprint density at radius 2 is 2.00 bits per heavy atom. The molecular formula is C11H18O2. The molecule has 3 unspecified atom stereocenters. The van der Waals surface area contributed by atoms with Gasteiger partial charge in [-0.05, 0) is 31.6 Å². The van der Waals surface area contributed by atoms with E-state index in [2.05, 4.69) is 0 Å². The minimum Gasteiger partial charge on any atom is -0.462 e. The van der Waals surface area contributed by atoms with Gasteiger partial charge < -0.3 is 4.74 Å². The molecule has 0 N–H and O–H groups in total. The highest BCUT2D eigenvalue weighted by Crippen LogP contribution is 2.34. The van der Waals surface area contributed by atoms with Gasteiger partial charge in [0.15, 0.2) is 0 Å². The zero-order valence-electron chi connectivity index (χ0n) is 8.29. The van der Waals surface area contributed by atoms with Crippen LogP contribution in [0.2, 0.25) is 0 Å². The first-order valence-corrected chi connectivity index (χ1v) is 5.48. The lowest BCUT2D eigenvalue weighted by atomic mass is 9.85. The number of esters is 1. The van der Waals surface area contributed by atoms with E-state index in [1.807, 2.05) is 6.92 Å². The zero-order chi connectivity index (χ0) is 9.26. The van der Waals surface area contributed by atoms with Gasteiger partial charge in [-0.25, -0.2) is 0 Å². The van der Waals surface area contributed by atoms with Gasteiger partial charge in [0, 0.05) is 0 Å². The summed E-state index contributed by atoms with van der Waals surface area (Å²) in [4.78, 5) is 11.3. The molecule has 1 heterocycles. The van der Waals surface area contributed by atoms with Crippen molar-refractivity contribution in [3.05, 3.63) is 0 Å². The van der Waals surface area contributed by atoms with Crippen molar-refractivity contribution in [2.24, 2.45) is 11.8 Å². The second-order valence-corrected chi connectivity index (χ2v) is 4.51. The molecule has 1 saturated carbocycles. The Morgan fingerprint density at radius 1 is 1.23 bits per heavy atom. The van der Waals surface area contributed by atoms with E-state index >= 15 is 0 Å². The van der Waals surface area contributed by atoms with Crippen molar-refractivity contribution in [3.8, 4) is 0 Å². The lowest BCUT2D eigenvalue weighted by Gasteiger charge is -2.32. The molecule has 1 saturated heterocycles. The van der Waals surface area contributed by atoms with Crippen LogP contribution in [0.15, 0.2) is 0 Å². The van der Waals surface area contributed by atoms with E-state index in [-0.39, 0.29) is 18.0 Å². The van der Waals surface area contributed by atoms with Gasteiger partial charge in [-0.2, -0.15) is 0 Å². The molecule has 13 heavy (non-hydrogen) atoms. The minimum absolute atomic E-state index is 0.0307. The number of ether oxygens (including phenoxy) is 1. The van der Waals surface area contributed by atoms with Crippen LogP contribution in [0.4, 0.5) is 0 Å². The number of hydrogen-bond acceptors (Lipinski definition) is 2. The quantitative estimate of drug-likeness (QED) is 0.538. The van der Waals surface area contributed by atoms with E-state index in [1.165, 1.54) is 25.7 Å². The number of rotatable bonds is 0. The van der Waals surface area contributed by atoms with E-state index in [0.717, 1.165) is 12.8 Å². The largest absolute Gasteiger partial charge is 0.462 e. The predicted molar refractivity (Wildman–Crippen MR) is 50.2 cm³/mol.